The van der Waals surface area contributed by atoms with Gasteiger partial charge in [0.1, 0.15) is 18.2 Å². The van der Waals surface area contributed by atoms with Gasteiger partial charge in [-0.2, -0.15) is 0 Å². The number of amides is 3. The third-order valence-corrected chi connectivity index (χ3v) is 7.64. The van der Waals surface area contributed by atoms with Crippen molar-refractivity contribution in [2.45, 2.75) is 57.1 Å². The maximum atomic E-state index is 13.6. The van der Waals surface area contributed by atoms with Gasteiger partial charge in [-0.15, -0.1) is 0 Å². The molecule has 2 unspecified atom stereocenters. The lowest BCUT2D eigenvalue weighted by molar-refractivity contribution is -0.128. The zero-order valence-corrected chi connectivity index (χ0v) is 25.2. The van der Waals surface area contributed by atoms with Crippen LogP contribution in [0.25, 0.3) is 21.5 Å². The fourth-order valence-electron chi connectivity index (χ4n) is 4.47. The maximum absolute atomic E-state index is 13.6. The van der Waals surface area contributed by atoms with E-state index in [-0.39, 0.29) is 6.54 Å². The Labute approximate surface area is 249 Å². The fraction of sp³-hybridized carbons (Fsp3) is 0.303. The Bertz CT molecular complexity index is 1610. The molecule has 0 aromatic heterocycles. The number of fused-ring (bicyclic) bond motifs is 2. The van der Waals surface area contributed by atoms with Crippen LogP contribution in [-0.4, -0.2) is 45.7 Å². The predicted molar refractivity (Wildman–Crippen MR) is 166 cm³/mol. The van der Waals surface area contributed by atoms with E-state index in [0.717, 1.165) is 28.0 Å². The molecule has 0 fully saturated rings. The molecule has 220 valence electrons. The summed E-state index contributed by atoms with van der Waals surface area (Å²) in [6.45, 7) is 7.32. The second kappa shape index (κ2) is 13.6. The molecule has 2 N–H and O–H groups in total. The van der Waals surface area contributed by atoms with E-state index in [1.165, 1.54) is 4.90 Å². The lowest BCUT2D eigenvalue weighted by Gasteiger charge is -2.27. The van der Waals surface area contributed by atoms with Crippen LogP contribution in [0.2, 0.25) is 0 Å². The summed E-state index contributed by atoms with van der Waals surface area (Å²) in [5, 5.41) is 6.52. The zero-order valence-electron chi connectivity index (χ0n) is 24.4. The standard InChI is InChI=1S/C33H37N3O5S/c1-5-6-19-36(32(39)41-33(2,3)4)22-29(37)34-30(27-16-15-23-11-7-9-13-25(23)20-27)31(38)35-42(40)28-18-17-24-12-8-10-14-26(24)21-28/h7-18,20-21,30H,5-6,19,22H2,1-4H3,(H,34,37)(H,35,38). The molecular formula is C33H37N3O5S. The highest BCUT2D eigenvalue weighted by atomic mass is 32.2. The Balaban J connectivity index is 1.58. The predicted octanol–water partition coefficient (Wildman–Crippen LogP) is 6.03. The summed E-state index contributed by atoms with van der Waals surface area (Å²) < 4.78 is 21.3. The van der Waals surface area contributed by atoms with Gasteiger partial charge in [-0.1, -0.05) is 80.1 Å². The highest BCUT2D eigenvalue weighted by molar-refractivity contribution is 7.83. The van der Waals surface area contributed by atoms with Gasteiger partial charge in [0.05, 0.1) is 4.90 Å². The number of carbonyl (C=O) groups is 3. The largest absolute Gasteiger partial charge is 0.444 e. The number of carbonyl (C=O) groups excluding carboxylic acids is 3. The summed E-state index contributed by atoms with van der Waals surface area (Å²) in [7, 11) is -1.87. The second-order valence-electron chi connectivity index (χ2n) is 11.1. The first-order chi connectivity index (χ1) is 20.0. The van der Waals surface area contributed by atoms with Crippen LogP contribution < -0.4 is 10.0 Å². The van der Waals surface area contributed by atoms with Gasteiger partial charge in [-0.25, -0.2) is 9.00 Å². The van der Waals surface area contributed by atoms with Gasteiger partial charge in [-0.3, -0.25) is 19.2 Å². The first-order valence-corrected chi connectivity index (χ1v) is 15.2. The summed E-state index contributed by atoms with van der Waals surface area (Å²) in [6, 6.07) is 25.0. The van der Waals surface area contributed by atoms with Crippen molar-refractivity contribution in [1.29, 1.82) is 0 Å². The number of hydrogen-bond donors (Lipinski definition) is 2. The van der Waals surface area contributed by atoms with E-state index < -0.39 is 40.5 Å². The molecule has 4 rings (SSSR count). The summed E-state index contributed by atoms with van der Waals surface area (Å²) in [6.07, 6.45) is 0.908. The van der Waals surface area contributed by atoms with Crippen LogP contribution in [0.5, 0.6) is 0 Å². The molecule has 0 spiro atoms. The molecule has 2 atom stereocenters. The molecule has 42 heavy (non-hydrogen) atoms. The molecule has 0 bridgehead atoms. The van der Waals surface area contributed by atoms with E-state index in [2.05, 4.69) is 10.0 Å². The molecule has 0 aliphatic rings. The molecule has 9 heteroatoms. The molecule has 0 saturated carbocycles. The van der Waals surface area contributed by atoms with Crippen molar-refractivity contribution >= 4 is 50.4 Å². The van der Waals surface area contributed by atoms with Gasteiger partial charge in [-0.05, 0) is 72.5 Å². The number of rotatable bonds is 10. The highest BCUT2D eigenvalue weighted by Gasteiger charge is 2.28. The molecule has 0 aliphatic carbocycles. The Morgan fingerprint density at radius 2 is 1.45 bits per heavy atom. The molecule has 8 nitrogen and oxygen atoms in total. The van der Waals surface area contributed by atoms with Crippen LogP contribution in [-0.2, 0) is 25.3 Å². The van der Waals surface area contributed by atoms with E-state index in [0.29, 0.717) is 23.4 Å². The molecule has 4 aromatic rings. The second-order valence-corrected chi connectivity index (χ2v) is 12.3. The van der Waals surface area contributed by atoms with E-state index in [1.807, 2.05) is 73.7 Å². The van der Waals surface area contributed by atoms with Gasteiger partial charge in [0, 0.05) is 6.54 Å². The summed E-state index contributed by atoms with van der Waals surface area (Å²) in [4.78, 5) is 41.5. The van der Waals surface area contributed by atoms with Crippen LogP contribution in [0.1, 0.15) is 52.1 Å². The zero-order chi connectivity index (χ0) is 30.3. The molecule has 0 radical (unpaired) electrons. The Morgan fingerprint density at radius 3 is 2.07 bits per heavy atom. The average molecular weight is 588 g/mol. The number of hydrogen-bond acceptors (Lipinski definition) is 5. The number of nitrogens with zero attached hydrogens (tertiary/aromatic N) is 1. The minimum absolute atomic E-state index is 0.292. The van der Waals surface area contributed by atoms with Crippen LogP contribution in [0.4, 0.5) is 4.79 Å². The topological polar surface area (TPSA) is 105 Å². The minimum atomic E-state index is -1.87. The molecular weight excluding hydrogens is 550 g/mol. The van der Waals surface area contributed by atoms with Crippen molar-refractivity contribution in [3.05, 3.63) is 90.5 Å². The van der Waals surface area contributed by atoms with E-state index in [4.69, 9.17) is 4.74 Å². The molecule has 0 heterocycles. The van der Waals surface area contributed by atoms with Crippen molar-refractivity contribution in [2.75, 3.05) is 13.1 Å². The summed E-state index contributed by atoms with van der Waals surface area (Å²) in [5.41, 5.74) is -0.203. The van der Waals surface area contributed by atoms with E-state index >= 15 is 0 Å². The lowest BCUT2D eigenvalue weighted by atomic mass is 10.0. The number of unbranched alkanes of at least 4 members (excludes halogenated alkanes) is 1. The SMILES string of the molecule is CCCCN(CC(=O)NC(C(=O)NS(=O)c1ccc2ccccc2c1)c1ccc2ccccc2c1)C(=O)OC(C)(C)C. The Kier molecular flexibility index (Phi) is 9.96. The van der Waals surface area contributed by atoms with Crippen LogP contribution >= 0.6 is 0 Å². The molecule has 0 saturated heterocycles. The van der Waals surface area contributed by atoms with Crippen molar-refractivity contribution in [1.82, 2.24) is 14.9 Å². The molecule has 4 aromatic carbocycles. The number of ether oxygens (including phenoxy) is 1. The molecule has 0 aliphatic heterocycles. The first kappa shape index (κ1) is 30.7. The summed E-state index contributed by atoms with van der Waals surface area (Å²) in [5.74, 6) is -1.18. The van der Waals surface area contributed by atoms with Gasteiger partial charge in [0.2, 0.25) is 5.91 Å². The third kappa shape index (κ3) is 8.16. The van der Waals surface area contributed by atoms with Gasteiger partial charge < -0.3 is 10.1 Å². The monoisotopic (exact) mass is 587 g/mol. The van der Waals surface area contributed by atoms with E-state index in [9.17, 15) is 18.6 Å². The fourth-order valence-corrected chi connectivity index (χ4v) is 5.31. The van der Waals surface area contributed by atoms with Gasteiger partial charge in [0.25, 0.3) is 5.91 Å². The van der Waals surface area contributed by atoms with Crippen LogP contribution in [0, 0.1) is 0 Å². The van der Waals surface area contributed by atoms with Crippen molar-refractivity contribution in [3.63, 3.8) is 0 Å². The van der Waals surface area contributed by atoms with Crippen molar-refractivity contribution in [2.24, 2.45) is 0 Å². The van der Waals surface area contributed by atoms with Crippen molar-refractivity contribution < 1.29 is 23.3 Å². The van der Waals surface area contributed by atoms with Crippen LogP contribution in [0.3, 0.4) is 0 Å². The lowest BCUT2D eigenvalue weighted by Crippen LogP contribution is -2.47. The Morgan fingerprint density at radius 1 is 0.857 bits per heavy atom. The first-order valence-electron chi connectivity index (χ1n) is 14.0. The number of benzene rings is 4. The number of nitrogens with one attached hydrogen (secondary N) is 2. The van der Waals surface area contributed by atoms with Gasteiger partial charge >= 0.3 is 6.09 Å². The third-order valence-electron chi connectivity index (χ3n) is 6.57. The van der Waals surface area contributed by atoms with Gasteiger partial charge in [0.15, 0.2) is 11.0 Å². The highest BCUT2D eigenvalue weighted by Crippen LogP contribution is 2.22. The quantitative estimate of drug-likeness (QED) is 0.236. The maximum Gasteiger partial charge on any atom is 0.410 e. The Hall–Kier alpha value is -4.24. The smallest absolute Gasteiger partial charge is 0.410 e. The van der Waals surface area contributed by atoms with Crippen LogP contribution in [0.15, 0.2) is 89.8 Å². The normalized spacial score (nSPS) is 12.9. The van der Waals surface area contributed by atoms with E-state index in [1.54, 1.807) is 39.0 Å². The average Bonchev–Trinajstić information content (AvgIpc) is 2.96. The summed E-state index contributed by atoms with van der Waals surface area (Å²) >= 11 is 0. The molecule has 3 amide bonds. The minimum Gasteiger partial charge on any atom is -0.444 e. The van der Waals surface area contributed by atoms with Crippen molar-refractivity contribution in [3.8, 4) is 0 Å².